The van der Waals surface area contributed by atoms with Crippen LogP contribution in [0.3, 0.4) is 0 Å². The Morgan fingerprint density at radius 1 is 1.21 bits per heavy atom. The molecule has 0 aliphatic heterocycles. The number of aryl methyl sites for hydroxylation is 1. The van der Waals surface area contributed by atoms with E-state index < -0.39 is 10.0 Å². The molecule has 1 aromatic carbocycles. The Morgan fingerprint density at radius 3 is 2.67 bits per heavy atom. The van der Waals surface area contributed by atoms with Gasteiger partial charge in [-0.2, -0.15) is 5.10 Å². The van der Waals surface area contributed by atoms with Crippen LogP contribution >= 0.6 is 22.9 Å². The van der Waals surface area contributed by atoms with Crippen LogP contribution in [0.5, 0.6) is 0 Å². The van der Waals surface area contributed by atoms with Gasteiger partial charge in [-0.3, -0.25) is 9.52 Å². The molecule has 0 saturated carbocycles. The SMILES string of the molecule is Cn1nc(-c2csc(S(=O)(=O)Nc3ccccc3Cl)c2)ccc1=O. The Morgan fingerprint density at radius 2 is 1.96 bits per heavy atom. The highest BCUT2D eigenvalue weighted by Crippen LogP contribution is 2.30. The molecule has 0 bridgehead atoms. The fraction of sp³-hybridized carbons (Fsp3) is 0.0667. The number of para-hydroxylation sites is 1. The lowest BCUT2D eigenvalue weighted by molar-refractivity contribution is 0.603. The molecule has 124 valence electrons. The zero-order valence-electron chi connectivity index (χ0n) is 12.4. The predicted octanol–water partition coefficient (Wildman–Crippen LogP) is 2.96. The quantitative estimate of drug-likeness (QED) is 0.753. The first-order chi connectivity index (χ1) is 11.4. The molecule has 0 aliphatic carbocycles. The molecule has 2 aromatic heterocycles. The Balaban J connectivity index is 1.93. The molecule has 0 aliphatic rings. The molecule has 0 fully saturated rings. The maximum absolute atomic E-state index is 12.5. The van der Waals surface area contributed by atoms with Crippen LogP contribution in [-0.4, -0.2) is 18.2 Å². The van der Waals surface area contributed by atoms with Crippen LogP contribution < -0.4 is 10.3 Å². The summed E-state index contributed by atoms with van der Waals surface area (Å²) in [5.41, 5.74) is 1.22. The third-order valence-corrected chi connectivity index (χ3v) is 6.35. The zero-order chi connectivity index (χ0) is 17.3. The summed E-state index contributed by atoms with van der Waals surface area (Å²) in [6, 6.07) is 11.1. The van der Waals surface area contributed by atoms with Crippen LogP contribution in [0.1, 0.15) is 0 Å². The van der Waals surface area contributed by atoms with Gasteiger partial charge in [-0.25, -0.2) is 13.1 Å². The van der Waals surface area contributed by atoms with E-state index in [1.54, 1.807) is 35.7 Å². The van der Waals surface area contributed by atoms with Gasteiger partial charge in [0.1, 0.15) is 4.21 Å². The van der Waals surface area contributed by atoms with E-state index in [2.05, 4.69) is 9.82 Å². The van der Waals surface area contributed by atoms with Gasteiger partial charge < -0.3 is 0 Å². The summed E-state index contributed by atoms with van der Waals surface area (Å²) in [7, 11) is -2.22. The minimum atomic E-state index is -3.75. The molecule has 1 N–H and O–H groups in total. The first kappa shape index (κ1) is 16.7. The van der Waals surface area contributed by atoms with Gasteiger partial charge in [0.2, 0.25) is 0 Å². The van der Waals surface area contributed by atoms with Crippen LogP contribution in [0.15, 0.2) is 56.8 Å². The van der Waals surface area contributed by atoms with E-state index in [1.807, 2.05) is 0 Å². The van der Waals surface area contributed by atoms with Gasteiger partial charge >= 0.3 is 0 Å². The number of nitrogens with one attached hydrogen (secondary N) is 1. The van der Waals surface area contributed by atoms with E-state index in [1.165, 1.54) is 23.9 Å². The van der Waals surface area contributed by atoms with Crippen LogP contribution in [0.4, 0.5) is 5.69 Å². The lowest BCUT2D eigenvalue weighted by atomic mass is 10.2. The van der Waals surface area contributed by atoms with E-state index >= 15 is 0 Å². The minimum Gasteiger partial charge on any atom is -0.277 e. The van der Waals surface area contributed by atoms with E-state index in [4.69, 9.17) is 11.6 Å². The van der Waals surface area contributed by atoms with Crippen molar-refractivity contribution in [2.24, 2.45) is 7.05 Å². The average Bonchev–Trinajstić information content (AvgIpc) is 3.03. The fourth-order valence-corrected chi connectivity index (χ4v) is 4.48. The van der Waals surface area contributed by atoms with Gasteiger partial charge in [-0.05, 0) is 24.3 Å². The maximum Gasteiger partial charge on any atom is 0.271 e. The van der Waals surface area contributed by atoms with Crippen molar-refractivity contribution in [3.8, 4) is 11.3 Å². The predicted molar refractivity (Wildman–Crippen MR) is 95.1 cm³/mol. The van der Waals surface area contributed by atoms with Gasteiger partial charge in [0.25, 0.3) is 15.6 Å². The Hall–Kier alpha value is -2.16. The summed E-state index contributed by atoms with van der Waals surface area (Å²) in [6.45, 7) is 0. The van der Waals surface area contributed by atoms with Crippen LogP contribution in [0, 0.1) is 0 Å². The molecule has 3 aromatic rings. The molecule has 2 heterocycles. The van der Waals surface area contributed by atoms with Crippen LogP contribution in [0.25, 0.3) is 11.3 Å². The van der Waals surface area contributed by atoms with Crippen LogP contribution in [0.2, 0.25) is 5.02 Å². The Kier molecular flexibility index (Phi) is 4.44. The van der Waals surface area contributed by atoms with Crippen molar-refractivity contribution in [2.45, 2.75) is 4.21 Å². The summed E-state index contributed by atoms with van der Waals surface area (Å²) in [6.07, 6.45) is 0. The second kappa shape index (κ2) is 6.39. The van der Waals surface area contributed by atoms with Crippen molar-refractivity contribution in [1.29, 1.82) is 0 Å². The third-order valence-electron chi connectivity index (χ3n) is 3.21. The van der Waals surface area contributed by atoms with Gasteiger partial charge in [0.05, 0.1) is 16.4 Å². The van der Waals surface area contributed by atoms with E-state index in [9.17, 15) is 13.2 Å². The lowest BCUT2D eigenvalue weighted by Gasteiger charge is -2.07. The average molecular weight is 382 g/mol. The number of hydrogen-bond acceptors (Lipinski definition) is 5. The van der Waals surface area contributed by atoms with Gasteiger partial charge in [-0.15, -0.1) is 11.3 Å². The summed E-state index contributed by atoms with van der Waals surface area (Å²) < 4.78 is 28.8. The summed E-state index contributed by atoms with van der Waals surface area (Å²) in [5.74, 6) is 0. The molecule has 24 heavy (non-hydrogen) atoms. The highest BCUT2D eigenvalue weighted by Gasteiger charge is 2.19. The molecule has 0 unspecified atom stereocenters. The molecular weight excluding hydrogens is 370 g/mol. The number of benzene rings is 1. The number of anilines is 1. The molecule has 0 atom stereocenters. The van der Waals surface area contributed by atoms with E-state index in [-0.39, 0.29) is 9.77 Å². The highest BCUT2D eigenvalue weighted by molar-refractivity contribution is 7.94. The monoisotopic (exact) mass is 381 g/mol. The summed E-state index contributed by atoms with van der Waals surface area (Å²) in [4.78, 5) is 11.4. The van der Waals surface area contributed by atoms with Gasteiger partial charge in [-0.1, -0.05) is 23.7 Å². The largest absolute Gasteiger partial charge is 0.277 e. The molecule has 0 saturated heterocycles. The number of aromatic nitrogens is 2. The van der Waals surface area contributed by atoms with Crippen molar-refractivity contribution in [1.82, 2.24) is 9.78 Å². The number of nitrogens with zero attached hydrogens (tertiary/aromatic N) is 2. The fourth-order valence-electron chi connectivity index (χ4n) is 1.99. The van der Waals surface area contributed by atoms with Crippen molar-refractivity contribution >= 4 is 38.6 Å². The second-order valence-corrected chi connectivity index (χ2v) is 8.15. The zero-order valence-corrected chi connectivity index (χ0v) is 14.8. The number of hydrogen-bond donors (Lipinski definition) is 1. The summed E-state index contributed by atoms with van der Waals surface area (Å²) >= 11 is 7.05. The second-order valence-electron chi connectivity index (χ2n) is 4.92. The molecule has 0 spiro atoms. The normalized spacial score (nSPS) is 11.4. The molecule has 0 radical (unpaired) electrons. The third kappa shape index (κ3) is 3.35. The van der Waals surface area contributed by atoms with E-state index in [0.717, 1.165) is 11.3 Å². The number of rotatable bonds is 4. The smallest absolute Gasteiger partial charge is 0.271 e. The minimum absolute atomic E-state index is 0.132. The molecule has 0 amide bonds. The van der Waals surface area contributed by atoms with Crippen LogP contribution in [-0.2, 0) is 17.1 Å². The Bertz CT molecular complexity index is 1060. The molecule has 6 nitrogen and oxygen atoms in total. The van der Waals surface area contributed by atoms with Gasteiger partial charge in [0, 0.05) is 24.1 Å². The van der Waals surface area contributed by atoms with Crippen molar-refractivity contribution in [2.75, 3.05) is 4.72 Å². The van der Waals surface area contributed by atoms with Crippen molar-refractivity contribution in [3.05, 3.63) is 63.2 Å². The summed E-state index contributed by atoms with van der Waals surface area (Å²) in [5, 5.41) is 6.10. The first-order valence-electron chi connectivity index (χ1n) is 6.77. The topological polar surface area (TPSA) is 81.1 Å². The first-order valence-corrected chi connectivity index (χ1v) is 9.51. The van der Waals surface area contributed by atoms with Gasteiger partial charge in [0.15, 0.2) is 0 Å². The molecular formula is C15H12ClN3O3S2. The number of thiophene rings is 1. The Labute approximate surface area is 147 Å². The number of sulfonamides is 1. The van der Waals surface area contributed by atoms with Crippen molar-refractivity contribution in [3.63, 3.8) is 0 Å². The molecule has 9 heteroatoms. The number of halogens is 1. The van der Waals surface area contributed by atoms with Crippen molar-refractivity contribution < 1.29 is 8.42 Å². The standard InChI is InChI=1S/C15H12ClN3O3S2/c1-19-14(20)7-6-12(17-19)10-8-15(23-9-10)24(21,22)18-13-5-3-2-4-11(13)16/h2-9,18H,1H3. The van der Waals surface area contributed by atoms with E-state index in [0.29, 0.717) is 22.0 Å². The lowest BCUT2D eigenvalue weighted by Crippen LogP contribution is -2.18. The highest BCUT2D eigenvalue weighted by atomic mass is 35.5. The molecule has 3 rings (SSSR count). The maximum atomic E-state index is 12.5.